The third-order valence-corrected chi connectivity index (χ3v) is 6.69. The number of rotatable bonds is 15. The van der Waals surface area contributed by atoms with Crippen LogP contribution in [-0.4, -0.2) is 59.0 Å². The smallest absolute Gasteiger partial charge is 0.242 e. The molecule has 2 amide bonds. The quantitative estimate of drug-likeness (QED) is 0.300. The van der Waals surface area contributed by atoms with E-state index in [9.17, 15) is 9.59 Å². The van der Waals surface area contributed by atoms with Crippen molar-refractivity contribution in [3.8, 4) is 0 Å². The number of unbranched alkanes of at least 4 members (excludes halogenated alkanes) is 1. The van der Waals surface area contributed by atoms with Crippen molar-refractivity contribution < 1.29 is 14.3 Å². The fourth-order valence-corrected chi connectivity index (χ4v) is 4.26. The van der Waals surface area contributed by atoms with E-state index in [4.69, 9.17) is 4.74 Å². The molecule has 34 heavy (non-hydrogen) atoms. The number of carbonyl (C=O) groups excluding carboxylic acids is 2. The van der Waals surface area contributed by atoms with Gasteiger partial charge in [-0.05, 0) is 62.4 Å². The number of nitrogens with zero attached hydrogens (tertiary/aromatic N) is 3. The molecule has 1 aromatic carbocycles. The maximum absolute atomic E-state index is 13.4. The number of ether oxygens (including phenoxy) is 1. The zero-order valence-electron chi connectivity index (χ0n) is 20.5. The van der Waals surface area contributed by atoms with Crippen LogP contribution in [0.15, 0.2) is 47.1 Å². The minimum Gasteiger partial charge on any atom is -0.382 e. The Morgan fingerprint density at radius 1 is 1.06 bits per heavy atom. The molecule has 1 heterocycles. The monoisotopic (exact) mass is 531 g/mol. The van der Waals surface area contributed by atoms with Gasteiger partial charge >= 0.3 is 0 Å². The van der Waals surface area contributed by atoms with Gasteiger partial charge in [0.05, 0.1) is 13.1 Å². The number of carbonyl (C=O) groups is 2. The van der Waals surface area contributed by atoms with Crippen molar-refractivity contribution in [3.63, 3.8) is 0 Å². The Balaban J connectivity index is 1.66. The van der Waals surface area contributed by atoms with Gasteiger partial charge in [0.25, 0.3) is 0 Å². The lowest BCUT2D eigenvalue weighted by Crippen LogP contribution is -2.44. The number of aromatic nitrogens is 1. The summed E-state index contributed by atoms with van der Waals surface area (Å²) in [5, 5.41) is 0. The second-order valence-electron chi connectivity index (χ2n) is 9.01. The zero-order chi connectivity index (χ0) is 24.3. The number of hydrogen-bond donors (Lipinski definition) is 0. The molecule has 1 aliphatic rings. The fraction of sp³-hybridized carbons (Fsp3) is 0.556. The molecule has 7 heteroatoms. The Kier molecular flexibility index (Phi) is 10.7. The lowest BCUT2D eigenvalue weighted by Gasteiger charge is -2.28. The first-order valence-electron chi connectivity index (χ1n) is 12.5. The predicted molar refractivity (Wildman–Crippen MR) is 138 cm³/mol. The van der Waals surface area contributed by atoms with Crippen LogP contribution in [0, 0.1) is 5.92 Å². The molecule has 0 bridgehead atoms. The van der Waals surface area contributed by atoms with Crippen molar-refractivity contribution in [1.82, 2.24) is 14.4 Å². The van der Waals surface area contributed by atoms with E-state index in [0.717, 1.165) is 48.8 Å². The zero-order valence-corrected chi connectivity index (χ0v) is 22.1. The van der Waals surface area contributed by atoms with Crippen molar-refractivity contribution in [2.75, 3.05) is 32.8 Å². The summed E-state index contributed by atoms with van der Waals surface area (Å²) in [6, 6.07) is 12.4. The molecule has 0 atom stereocenters. The largest absolute Gasteiger partial charge is 0.382 e. The van der Waals surface area contributed by atoms with Crippen molar-refractivity contribution in [2.24, 2.45) is 5.92 Å². The first-order chi connectivity index (χ1) is 16.5. The van der Waals surface area contributed by atoms with Gasteiger partial charge in [-0.25, -0.2) is 0 Å². The molecule has 6 nitrogen and oxygen atoms in total. The van der Waals surface area contributed by atoms with Gasteiger partial charge in [0.15, 0.2) is 0 Å². The molecule has 0 aliphatic heterocycles. The summed E-state index contributed by atoms with van der Waals surface area (Å²) in [6.07, 6.45) is 6.67. The molecule has 2 aromatic rings. The van der Waals surface area contributed by atoms with E-state index in [1.54, 1.807) is 4.90 Å². The predicted octanol–water partition coefficient (Wildman–Crippen LogP) is 5.09. The first kappa shape index (κ1) is 26.5. The van der Waals surface area contributed by atoms with Crippen LogP contribution in [0.2, 0.25) is 0 Å². The Bertz CT molecular complexity index is 908. The van der Waals surface area contributed by atoms with Crippen LogP contribution in [0.4, 0.5) is 0 Å². The standard InChI is InChI=1S/C27H38BrN3O3/c1-3-5-15-30(20-25-8-6-16-29(25)19-22-9-13-24(28)14-10-22)26(32)21-31(17-7-18-34-4-2)27(33)23-11-12-23/h6,8-10,13-14,16,23H,3-5,7,11-12,15,17-21H2,1-2H3. The van der Waals surface area contributed by atoms with Gasteiger partial charge in [-0.3, -0.25) is 9.59 Å². The molecule has 0 spiro atoms. The minimum atomic E-state index is 0.0234. The Morgan fingerprint density at radius 3 is 2.47 bits per heavy atom. The number of amides is 2. The van der Waals surface area contributed by atoms with Gasteiger partial charge in [0.2, 0.25) is 11.8 Å². The van der Waals surface area contributed by atoms with Gasteiger partial charge in [0, 0.05) is 55.1 Å². The van der Waals surface area contributed by atoms with Gasteiger partial charge < -0.3 is 19.1 Å². The van der Waals surface area contributed by atoms with Gasteiger partial charge in [-0.2, -0.15) is 0 Å². The molecule has 186 valence electrons. The normalized spacial score (nSPS) is 13.1. The highest BCUT2D eigenvalue weighted by molar-refractivity contribution is 9.10. The summed E-state index contributed by atoms with van der Waals surface area (Å²) in [5.74, 6) is 0.251. The van der Waals surface area contributed by atoms with Crippen LogP contribution in [0.3, 0.4) is 0 Å². The lowest BCUT2D eigenvalue weighted by atomic mass is 10.2. The SMILES string of the molecule is CCCCN(Cc1cccn1Cc1ccc(Br)cc1)C(=O)CN(CCCOCC)C(=O)C1CC1. The van der Waals surface area contributed by atoms with Gasteiger partial charge in [-0.1, -0.05) is 41.4 Å². The summed E-state index contributed by atoms with van der Waals surface area (Å²) in [5.41, 5.74) is 2.31. The Hall–Kier alpha value is -2.12. The topological polar surface area (TPSA) is 54.8 Å². The molecule has 0 saturated heterocycles. The minimum absolute atomic E-state index is 0.0234. The molecule has 1 fully saturated rings. The lowest BCUT2D eigenvalue weighted by molar-refractivity contribution is -0.141. The summed E-state index contributed by atoms with van der Waals surface area (Å²) in [6.45, 7) is 8.11. The maximum Gasteiger partial charge on any atom is 0.242 e. The van der Waals surface area contributed by atoms with E-state index in [1.165, 1.54) is 5.56 Å². The molecule has 1 aliphatic carbocycles. The van der Waals surface area contributed by atoms with Crippen LogP contribution in [0.5, 0.6) is 0 Å². The van der Waals surface area contributed by atoms with Crippen LogP contribution >= 0.6 is 15.9 Å². The highest BCUT2D eigenvalue weighted by atomic mass is 79.9. The van der Waals surface area contributed by atoms with Crippen molar-refractivity contribution in [2.45, 2.75) is 59.0 Å². The van der Waals surface area contributed by atoms with E-state index in [2.05, 4.69) is 51.8 Å². The van der Waals surface area contributed by atoms with Crippen LogP contribution in [0.1, 0.15) is 57.2 Å². The number of halogens is 1. The first-order valence-corrected chi connectivity index (χ1v) is 13.3. The third kappa shape index (κ3) is 8.27. The second-order valence-corrected chi connectivity index (χ2v) is 9.92. The maximum atomic E-state index is 13.4. The molecule has 3 rings (SSSR count). The average molecular weight is 533 g/mol. The van der Waals surface area contributed by atoms with Gasteiger partial charge in [-0.15, -0.1) is 0 Å². The second kappa shape index (κ2) is 13.7. The molecular weight excluding hydrogens is 494 g/mol. The van der Waals surface area contributed by atoms with E-state index < -0.39 is 0 Å². The number of hydrogen-bond acceptors (Lipinski definition) is 3. The van der Waals surface area contributed by atoms with E-state index in [1.807, 2.05) is 30.0 Å². The summed E-state index contributed by atoms with van der Waals surface area (Å²) >= 11 is 3.49. The average Bonchev–Trinajstić information content (AvgIpc) is 3.60. The van der Waals surface area contributed by atoms with Gasteiger partial charge in [0.1, 0.15) is 0 Å². The summed E-state index contributed by atoms with van der Waals surface area (Å²) in [7, 11) is 0. The molecule has 0 unspecified atom stereocenters. The van der Waals surface area contributed by atoms with Crippen molar-refractivity contribution >= 4 is 27.7 Å². The van der Waals surface area contributed by atoms with Crippen LogP contribution < -0.4 is 0 Å². The fourth-order valence-electron chi connectivity index (χ4n) is 3.99. The highest BCUT2D eigenvalue weighted by Crippen LogP contribution is 2.31. The van der Waals surface area contributed by atoms with E-state index in [0.29, 0.717) is 32.8 Å². The Morgan fingerprint density at radius 2 is 1.79 bits per heavy atom. The molecule has 1 aromatic heterocycles. The van der Waals surface area contributed by atoms with Crippen molar-refractivity contribution in [3.05, 3.63) is 58.3 Å². The van der Waals surface area contributed by atoms with Crippen molar-refractivity contribution in [1.29, 1.82) is 0 Å². The van der Waals surface area contributed by atoms with Crippen LogP contribution in [0.25, 0.3) is 0 Å². The highest BCUT2D eigenvalue weighted by Gasteiger charge is 2.34. The van der Waals surface area contributed by atoms with E-state index >= 15 is 0 Å². The third-order valence-electron chi connectivity index (χ3n) is 6.16. The number of benzene rings is 1. The molecule has 0 radical (unpaired) electrons. The molecule has 1 saturated carbocycles. The summed E-state index contributed by atoms with van der Waals surface area (Å²) in [4.78, 5) is 29.9. The molecule has 0 N–H and O–H groups in total. The van der Waals surface area contributed by atoms with Crippen LogP contribution in [-0.2, 0) is 27.4 Å². The van der Waals surface area contributed by atoms with E-state index in [-0.39, 0.29) is 24.3 Å². The Labute approximate surface area is 212 Å². The molecular formula is C27H38BrN3O3. The summed E-state index contributed by atoms with van der Waals surface area (Å²) < 4.78 is 8.71.